The first-order valence-electron chi connectivity index (χ1n) is 4.94. The molecule has 3 rings (SSSR count). The molecule has 68 valence electrons. The van der Waals surface area contributed by atoms with E-state index in [4.69, 9.17) is 4.42 Å². The summed E-state index contributed by atoms with van der Waals surface area (Å²) >= 11 is 0. The Morgan fingerprint density at radius 1 is 1.21 bits per heavy atom. The molecule has 0 fully saturated rings. The predicted molar refractivity (Wildman–Crippen MR) is 56.0 cm³/mol. The fraction of sp³-hybridized carbons (Fsp3) is 0.231. The molecule has 1 heterocycles. The third-order valence-electron chi connectivity index (χ3n) is 2.63. The first-order valence-corrected chi connectivity index (χ1v) is 4.94. The molecular weight excluding hydrogens is 172 g/mol. The van der Waals surface area contributed by atoms with Gasteiger partial charge in [0.1, 0.15) is 5.58 Å². The molecule has 0 saturated heterocycles. The van der Waals surface area contributed by atoms with E-state index in [1.54, 1.807) is 0 Å². The van der Waals surface area contributed by atoms with Crippen molar-refractivity contribution in [2.24, 2.45) is 0 Å². The maximum atomic E-state index is 5.70. The van der Waals surface area contributed by atoms with Crippen LogP contribution in [0.2, 0.25) is 0 Å². The van der Waals surface area contributed by atoms with E-state index >= 15 is 0 Å². The van der Waals surface area contributed by atoms with Crippen LogP contribution in [0.5, 0.6) is 0 Å². The Labute approximate surface area is 82.7 Å². The second kappa shape index (κ2) is 2.92. The Bertz CT molecular complexity index is 537. The van der Waals surface area contributed by atoms with E-state index in [-0.39, 0.29) is 0 Å². The Morgan fingerprint density at radius 3 is 3.14 bits per heavy atom. The highest BCUT2D eigenvalue weighted by Crippen LogP contribution is 2.27. The van der Waals surface area contributed by atoms with Gasteiger partial charge in [-0.05, 0) is 24.8 Å². The van der Waals surface area contributed by atoms with E-state index in [1.165, 1.54) is 10.9 Å². The number of hydrogen-bond donors (Lipinski definition) is 0. The number of rotatable bonds is 0. The number of furan rings is 1. The highest BCUT2D eigenvalue weighted by molar-refractivity contribution is 5.83. The molecule has 1 aromatic heterocycles. The Morgan fingerprint density at radius 2 is 2.14 bits per heavy atom. The van der Waals surface area contributed by atoms with Gasteiger partial charge in [0.25, 0.3) is 0 Å². The fourth-order valence-corrected chi connectivity index (χ4v) is 1.94. The van der Waals surface area contributed by atoms with Gasteiger partial charge in [-0.15, -0.1) is 0 Å². The van der Waals surface area contributed by atoms with Crippen LogP contribution in [0.4, 0.5) is 0 Å². The van der Waals surface area contributed by atoms with Gasteiger partial charge in [0.15, 0.2) is 5.76 Å². The van der Waals surface area contributed by atoms with Gasteiger partial charge in [0.2, 0.25) is 0 Å². The molecule has 2 aromatic rings. The van der Waals surface area contributed by atoms with Crippen LogP contribution >= 0.6 is 0 Å². The minimum atomic E-state index is 0.878. The normalized spacial score (nSPS) is 14.3. The summed E-state index contributed by atoms with van der Waals surface area (Å²) in [5.74, 6) is 7.10. The SMILES string of the molecule is C1#Cc2oc3ccccc3c2CCC1. The van der Waals surface area contributed by atoms with Gasteiger partial charge in [-0.2, -0.15) is 0 Å². The van der Waals surface area contributed by atoms with Gasteiger partial charge in [0.05, 0.1) is 0 Å². The topological polar surface area (TPSA) is 13.1 Å². The summed E-state index contributed by atoms with van der Waals surface area (Å²) in [5, 5.41) is 1.23. The summed E-state index contributed by atoms with van der Waals surface area (Å²) < 4.78 is 5.70. The second-order valence-electron chi connectivity index (χ2n) is 3.56. The van der Waals surface area contributed by atoms with E-state index in [9.17, 15) is 0 Å². The summed E-state index contributed by atoms with van der Waals surface area (Å²) in [7, 11) is 0. The summed E-state index contributed by atoms with van der Waals surface area (Å²) in [5.41, 5.74) is 2.26. The first-order chi connectivity index (χ1) is 6.95. The van der Waals surface area contributed by atoms with Crippen molar-refractivity contribution in [2.75, 3.05) is 0 Å². The van der Waals surface area contributed by atoms with Crippen LogP contribution in [0.1, 0.15) is 24.2 Å². The Kier molecular flexibility index (Phi) is 1.61. The molecule has 1 nitrogen and oxygen atoms in total. The van der Waals surface area contributed by atoms with Crippen LogP contribution in [0.25, 0.3) is 11.0 Å². The largest absolute Gasteiger partial charge is 0.447 e. The van der Waals surface area contributed by atoms with Crippen molar-refractivity contribution in [3.05, 3.63) is 35.6 Å². The minimum absolute atomic E-state index is 0.878. The molecule has 1 heteroatoms. The maximum Gasteiger partial charge on any atom is 0.181 e. The highest BCUT2D eigenvalue weighted by Gasteiger charge is 2.12. The number of para-hydroxylation sites is 1. The third-order valence-corrected chi connectivity index (χ3v) is 2.63. The molecule has 0 unspecified atom stereocenters. The second-order valence-corrected chi connectivity index (χ2v) is 3.56. The molecule has 0 saturated carbocycles. The van der Waals surface area contributed by atoms with E-state index < -0.39 is 0 Å². The van der Waals surface area contributed by atoms with E-state index in [0.29, 0.717) is 0 Å². The number of benzene rings is 1. The van der Waals surface area contributed by atoms with E-state index in [2.05, 4.69) is 24.0 Å². The molecule has 0 bridgehead atoms. The molecule has 1 aliphatic carbocycles. The summed E-state index contributed by atoms with van der Waals surface area (Å²) in [6.07, 6.45) is 3.20. The van der Waals surface area contributed by atoms with Crippen LogP contribution in [0.15, 0.2) is 28.7 Å². The summed E-state index contributed by atoms with van der Waals surface area (Å²) in [6.45, 7) is 0. The average molecular weight is 182 g/mol. The number of fused-ring (bicyclic) bond motifs is 3. The molecule has 14 heavy (non-hydrogen) atoms. The lowest BCUT2D eigenvalue weighted by Gasteiger charge is -1.93. The van der Waals surface area contributed by atoms with Gasteiger partial charge >= 0.3 is 0 Å². The first kappa shape index (κ1) is 7.70. The maximum absolute atomic E-state index is 5.70. The monoisotopic (exact) mass is 182 g/mol. The van der Waals surface area contributed by atoms with Crippen molar-refractivity contribution in [3.63, 3.8) is 0 Å². The van der Waals surface area contributed by atoms with Gasteiger partial charge in [-0.25, -0.2) is 0 Å². The number of hydrogen-bond acceptors (Lipinski definition) is 1. The van der Waals surface area contributed by atoms with Crippen molar-refractivity contribution in [1.29, 1.82) is 0 Å². The van der Waals surface area contributed by atoms with Crippen LogP contribution in [-0.4, -0.2) is 0 Å². The number of aryl methyl sites for hydroxylation is 1. The molecule has 0 spiro atoms. The lowest BCUT2D eigenvalue weighted by molar-refractivity contribution is 0.595. The van der Waals surface area contributed by atoms with Gasteiger partial charge < -0.3 is 4.42 Å². The minimum Gasteiger partial charge on any atom is -0.447 e. The molecule has 0 atom stereocenters. The molecule has 0 amide bonds. The fourth-order valence-electron chi connectivity index (χ4n) is 1.94. The molecule has 1 aromatic carbocycles. The standard InChI is InChI=1S/C13H10O/c1-2-6-10-11-7-4-5-9-13(11)14-12(10)8-3-1/h4-5,7,9H,1-2,6H2. The smallest absolute Gasteiger partial charge is 0.181 e. The average Bonchev–Trinajstić information content (AvgIpc) is 2.42. The van der Waals surface area contributed by atoms with Crippen molar-refractivity contribution in [2.45, 2.75) is 19.3 Å². The zero-order valence-electron chi connectivity index (χ0n) is 7.84. The van der Waals surface area contributed by atoms with Gasteiger partial charge in [-0.3, -0.25) is 0 Å². The quantitative estimate of drug-likeness (QED) is 0.570. The van der Waals surface area contributed by atoms with E-state index in [1.807, 2.05) is 12.1 Å². The van der Waals surface area contributed by atoms with Crippen LogP contribution < -0.4 is 0 Å². The molecule has 0 aliphatic heterocycles. The van der Waals surface area contributed by atoms with E-state index in [0.717, 1.165) is 30.6 Å². The Hall–Kier alpha value is -1.68. The van der Waals surface area contributed by atoms with Gasteiger partial charge in [0, 0.05) is 17.4 Å². The van der Waals surface area contributed by atoms with Crippen molar-refractivity contribution in [3.8, 4) is 11.8 Å². The predicted octanol–water partition coefficient (Wildman–Crippen LogP) is 3.12. The molecule has 1 aliphatic rings. The lowest BCUT2D eigenvalue weighted by atomic mass is 10.1. The molecular formula is C13H10O. The zero-order chi connectivity index (χ0) is 9.38. The third kappa shape index (κ3) is 1.04. The van der Waals surface area contributed by atoms with Crippen molar-refractivity contribution >= 4 is 11.0 Å². The van der Waals surface area contributed by atoms with Crippen molar-refractivity contribution < 1.29 is 4.42 Å². The lowest BCUT2D eigenvalue weighted by Crippen LogP contribution is -1.83. The van der Waals surface area contributed by atoms with Crippen molar-refractivity contribution in [1.82, 2.24) is 0 Å². The summed E-state index contributed by atoms with van der Waals surface area (Å²) in [6, 6.07) is 8.17. The van der Waals surface area contributed by atoms with Crippen LogP contribution in [-0.2, 0) is 6.42 Å². The highest BCUT2D eigenvalue weighted by atomic mass is 16.3. The molecule has 0 radical (unpaired) electrons. The van der Waals surface area contributed by atoms with Gasteiger partial charge in [-0.1, -0.05) is 24.1 Å². The van der Waals surface area contributed by atoms with Crippen LogP contribution in [0, 0.1) is 11.8 Å². The molecule has 0 N–H and O–H groups in total. The Balaban J connectivity index is 2.35. The summed E-state index contributed by atoms with van der Waals surface area (Å²) in [4.78, 5) is 0. The zero-order valence-corrected chi connectivity index (χ0v) is 7.84. The van der Waals surface area contributed by atoms with Crippen LogP contribution in [0.3, 0.4) is 0 Å².